The Balaban J connectivity index is 1.24. The van der Waals surface area contributed by atoms with Gasteiger partial charge in [-0.1, -0.05) is 0 Å². The molecule has 1 fully saturated rings. The topological polar surface area (TPSA) is 75.8 Å². The van der Waals surface area contributed by atoms with Gasteiger partial charge in [-0.2, -0.15) is 10.2 Å². The van der Waals surface area contributed by atoms with Crippen LogP contribution < -0.4 is 4.74 Å². The number of nitrogens with zero attached hydrogens (tertiary/aromatic N) is 6. The summed E-state index contributed by atoms with van der Waals surface area (Å²) in [6.07, 6.45) is 4.21. The molecule has 3 aromatic rings. The van der Waals surface area contributed by atoms with E-state index in [4.69, 9.17) is 4.74 Å². The Morgan fingerprint density at radius 1 is 1.15 bits per heavy atom. The second-order valence-corrected chi connectivity index (χ2v) is 8.06. The fraction of sp³-hybridized carbons (Fsp3) is 0.304. The summed E-state index contributed by atoms with van der Waals surface area (Å²) >= 11 is 0. The molecule has 0 spiro atoms. The van der Waals surface area contributed by atoms with Crippen LogP contribution in [0.25, 0.3) is 11.4 Å². The standard InChI is InChI=1S/C23H21F3N6O2/c1-2-31-21(4-5-28-31)19-10-22(18(26)11-27-19)34-17-12-30(13-17)23(33)32-20(3-6-29-32)14-7-15(24)9-16(25)8-14/h4-11,17,20H,2-3,12-13H2,1H3/t20-/m0/s1. The van der Waals surface area contributed by atoms with Gasteiger partial charge in [0.05, 0.1) is 36.7 Å². The quantitative estimate of drug-likeness (QED) is 0.565. The number of hydrogen-bond acceptors (Lipinski definition) is 5. The third kappa shape index (κ3) is 4.09. The maximum Gasteiger partial charge on any atom is 0.341 e. The number of amides is 2. The van der Waals surface area contributed by atoms with E-state index in [1.807, 2.05) is 6.92 Å². The maximum absolute atomic E-state index is 14.3. The molecular formula is C23H21F3N6O2. The molecule has 1 atom stereocenters. The fourth-order valence-corrected chi connectivity index (χ4v) is 4.09. The summed E-state index contributed by atoms with van der Waals surface area (Å²) in [6, 6.07) is 5.46. The van der Waals surface area contributed by atoms with Crippen LogP contribution in [0.3, 0.4) is 0 Å². The van der Waals surface area contributed by atoms with Crippen molar-refractivity contribution in [1.82, 2.24) is 24.7 Å². The molecule has 1 saturated heterocycles. The average Bonchev–Trinajstić information content (AvgIpc) is 3.45. The van der Waals surface area contributed by atoms with Crippen molar-refractivity contribution in [2.45, 2.75) is 32.0 Å². The maximum atomic E-state index is 14.3. The zero-order chi connectivity index (χ0) is 23.8. The highest BCUT2D eigenvalue weighted by atomic mass is 19.1. The summed E-state index contributed by atoms with van der Waals surface area (Å²) in [7, 11) is 0. The number of halogens is 3. The van der Waals surface area contributed by atoms with Crippen LogP contribution in [0.1, 0.15) is 24.9 Å². The van der Waals surface area contributed by atoms with E-state index in [1.54, 1.807) is 16.9 Å². The third-order valence-electron chi connectivity index (χ3n) is 5.81. The van der Waals surface area contributed by atoms with Gasteiger partial charge in [-0.3, -0.25) is 9.67 Å². The van der Waals surface area contributed by atoms with Gasteiger partial charge in [-0.15, -0.1) is 0 Å². The van der Waals surface area contributed by atoms with Gasteiger partial charge in [-0.05, 0) is 30.7 Å². The predicted molar refractivity (Wildman–Crippen MR) is 117 cm³/mol. The van der Waals surface area contributed by atoms with E-state index in [0.29, 0.717) is 24.2 Å². The second kappa shape index (κ2) is 8.81. The van der Waals surface area contributed by atoms with E-state index < -0.39 is 35.6 Å². The Bertz CT molecular complexity index is 1240. The first kappa shape index (κ1) is 21.9. The number of aromatic nitrogens is 3. The molecule has 2 aliphatic heterocycles. The van der Waals surface area contributed by atoms with Crippen molar-refractivity contribution in [3.8, 4) is 17.1 Å². The first-order valence-electron chi connectivity index (χ1n) is 10.8. The fourth-order valence-electron chi connectivity index (χ4n) is 4.09. The Morgan fingerprint density at radius 2 is 1.91 bits per heavy atom. The highest BCUT2D eigenvalue weighted by molar-refractivity contribution is 5.79. The predicted octanol–water partition coefficient (Wildman–Crippen LogP) is 4.00. The van der Waals surface area contributed by atoms with Crippen LogP contribution in [0.2, 0.25) is 0 Å². The number of pyridine rings is 1. The van der Waals surface area contributed by atoms with Crippen molar-refractivity contribution in [2.24, 2.45) is 5.10 Å². The van der Waals surface area contributed by atoms with E-state index in [1.165, 1.54) is 34.3 Å². The molecule has 11 heteroatoms. The van der Waals surface area contributed by atoms with Gasteiger partial charge >= 0.3 is 6.03 Å². The van der Waals surface area contributed by atoms with Gasteiger partial charge in [-0.25, -0.2) is 23.0 Å². The van der Waals surface area contributed by atoms with Gasteiger partial charge in [0.2, 0.25) is 0 Å². The largest absolute Gasteiger partial charge is 0.483 e. The summed E-state index contributed by atoms with van der Waals surface area (Å²) in [6.45, 7) is 3.02. The molecule has 176 valence electrons. The molecule has 34 heavy (non-hydrogen) atoms. The first-order chi connectivity index (χ1) is 16.4. The van der Waals surface area contributed by atoms with E-state index in [0.717, 1.165) is 18.0 Å². The van der Waals surface area contributed by atoms with Crippen molar-refractivity contribution >= 4 is 12.2 Å². The molecule has 5 rings (SSSR count). The molecule has 0 radical (unpaired) electrons. The molecule has 2 amide bonds. The number of carbonyl (C=O) groups excluding carboxylic acids is 1. The summed E-state index contributed by atoms with van der Waals surface area (Å²) in [4.78, 5) is 18.5. The molecule has 0 N–H and O–H groups in total. The van der Waals surface area contributed by atoms with E-state index in [9.17, 15) is 18.0 Å². The van der Waals surface area contributed by atoms with Crippen LogP contribution in [0.5, 0.6) is 5.75 Å². The van der Waals surface area contributed by atoms with E-state index in [-0.39, 0.29) is 18.8 Å². The zero-order valence-electron chi connectivity index (χ0n) is 18.2. The molecule has 0 aliphatic carbocycles. The second-order valence-electron chi connectivity index (χ2n) is 8.06. The minimum Gasteiger partial charge on any atom is -0.483 e. The smallest absolute Gasteiger partial charge is 0.341 e. The normalized spacial score (nSPS) is 17.8. The number of hydrazone groups is 1. The number of urea groups is 1. The van der Waals surface area contributed by atoms with Gasteiger partial charge in [0.15, 0.2) is 11.6 Å². The van der Waals surface area contributed by atoms with Crippen LogP contribution in [0.15, 0.2) is 47.8 Å². The lowest BCUT2D eigenvalue weighted by Crippen LogP contribution is -2.58. The number of ether oxygens (including phenoxy) is 1. The lowest BCUT2D eigenvalue weighted by Gasteiger charge is -2.41. The van der Waals surface area contributed by atoms with Crippen LogP contribution >= 0.6 is 0 Å². The Kier molecular flexibility index (Phi) is 5.68. The van der Waals surface area contributed by atoms with Crippen LogP contribution in [0, 0.1) is 17.5 Å². The number of rotatable bonds is 5. The van der Waals surface area contributed by atoms with Crippen molar-refractivity contribution in [3.63, 3.8) is 0 Å². The number of aryl methyl sites for hydroxylation is 1. The summed E-state index contributed by atoms with van der Waals surface area (Å²) < 4.78 is 49.2. The van der Waals surface area contributed by atoms with Crippen molar-refractivity contribution in [2.75, 3.05) is 13.1 Å². The Labute approximate surface area is 193 Å². The first-order valence-corrected chi connectivity index (χ1v) is 10.8. The van der Waals surface area contributed by atoms with E-state index in [2.05, 4.69) is 15.2 Å². The number of benzene rings is 1. The zero-order valence-corrected chi connectivity index (χ0v) is 18.2. The van der Waals surface area contributed by atoms with Gasteiger partial charge in [0, 0.05) is 37.5 Å². The summed E-state index contributed by atoms with van der Waals surface area (Å²) in [5.74, 6) is -1.99. The number of hydrogen-bond donors (Lipinski definition) is 0. The molecule has 2 aromatic heterocycles. The number of carbonyl (C=O) groups is 1. The molecule has 2 aliphatic rings. The third-order valence-corrected chi connectivity index (χ3v) is 5.81. The SMILES string of the molecule is CCn1nccc1-c1cc(OC2CN(C(=O)N3N=CC[C@H]3c3cc(F)cc(F)c3)C2)c(F)cn1. The Hall–Kier alpha value is -3.89. The van der Waals surface area contributed by atoms with Gasteiger partial charge in [0.1, 0.15) is 17.7 Å². The lowest BCUT2D eigenvalue weighted by molar-refractivity contribution is 0.0256. The van der Waals surface area contributed by atoms with Crippen molar-refractivity contribution < 1.29 is 22.7 Å². The monoisotopic (exact) mass is 470 g/mol. The molecule has 4 heterocycles. The van der Waals surface area contributed by atoms with E-state index >= 15 is 0 Å². The van der Waals surface area contributed by atoms with Crippen LogP contribution in [-0.4, -0.2) is 56.1 Å². The molecule has 0 unspecified atom stereocenters. The summed E-state index contributed by atoms with van der Waals surface area (Å²) in [5, 5.41) is 9.50. The van der Waals surface area contributed by atoms with Gasteiger partial charge in [0.25, 0.3) is 0 Å². The lowest BCUT2D eigenvalue weighted by atomic mass is 10.0. The van der Waals surface area contributed by atoms with Crippen LogP contribution in [0.4, 0.5) is 18.0 Å². The Morgan fingerprint density at radius 3 is 2.65 bits per heavy atom. The van der Waals surface area contributed by atoms with Crippen molar-refractivity contribution in [3.05, 3.63) is 65.7 Å². The summed E-state index contributed by atoms with van der Waals surface area (Å²) in [5.41, 5.74) is 1.60. The molecule has 1 aromatic carbocycles. The molecule has 0 bridgehead atoms. The molecule has 8 nitrogen and oxygen atoms in total. The van der Waals surface area contributed by atoms with Gasteiger partial charge < -0.3 is 9.64 Å². The average molecular weight is 470 g/mol. The van der Waals surface area contributed by atoms with Crippen molar-refractivity contribution in [1.29, 1.82) is 0 Å². The highest BCUT2D eigenvalue weighted by Crippen LogP contribution is 2.32. The minimum atomic E-state index is -0.715. The molecule has 0 saturated carbocycles. The highest BCUT2D eigenvalue weighted by Gasteiger charge is 2.39. The minimum absolute atomic E-state index is 0.0401. The molecular weight excluding hydrogens is 449 g/mol. The number of likely N-dealkylation sites (tertiary alicyclic amines) is 1. The van der Waals surface area contributed by atoms with Crippen LogP contribution in [-0.2, 0) is 6.54 Å².